The Morgan fingerprint density at radius 2 is 2.07 bits per heavy atom. The molecule has 2 N–H and O–H groups in total. The molecule has 2 heteroatoms. The molecule has 0 aromatic heterocycles. The van der Waals surface area contributed by atoms with Crippen LogP contribution in [0.4, 0.5) is 0 Å². The lowest BCUT2D eigenvalue weighted by Gasteiger charge is -2.26. The normalized spacial score (nSPS) is 15.3. The maximum absolute atomic E-state index is 6.33. The molecule has 0 amide bonds. The van der Waals surface area contributed by atoms with E-state index >= 15 is 0 Å². The zero-order valence-electron chi connectivity index (χ0n) is 9.76. The van der Waals surface area contributed by atoms with Gasteiger partial charge in [-0.3, -0.25) is 0 Å². The van der Waals surface area contributed by atoms with Gasteiger partial charge in [0.05, 0.1) is 0 Å². The molecule has 0 aliphatic rings. The average Bonchev–Trinajstić information content (AvgIpc) is 2.15. The van der Waals surface area contributed by atoms with Gasteiger partial charge in [0.1, 0.15) is 0 Å². The van der Waals surface area contributed by atoms with E-state index in [9.17, 15) is 0 Å². The van der Waals surface area contributed by atoms with E-state index in [1.165, 1.54) is 12.0 Å². The molecule has 1 atom stereocenters. The number of nitrogens with two attached hydrogens (primary N) is 1. The minimum absolute atomic E-state index is 0.214. The zero-order valence-corrected chi connectivity index (χ0v) is 11.3. The van der Waals surface area contributed by atoms with E-state index in [4.69, 9.17) is 5.73 Å². The maximum Gasteiger partial charge on any atom is 0.0381 e. The molecule has 1 aromatic carbocycles. The van der Waals surface area contributed by atoms with Crippen LogP contribution in [0.5, 0.6) is 0 Å². The van der Waals surface area contributed by atoms with Crippen molar-refractivity contribution in [2.75, 3.05) is 0 Å². The van der Waals surface area contributed by atoms with E-state index in [0.717, 1.165) is 10.9 Å². The third kappa shape index (κ3) is 3.96. The Bertz CT molecular complexity index is 318. The number of hydrogen-bond donors (Lipinski definition) is 1. The summed E-state index contributed by atoms with van der Waals surface area (Å²) in [7, 11) is 0. The highest BCUT2D eigenvalue weighted by molar-refractivity contribution is 9.10. The van der Waals surface area contributed by atoms with E-state index in [1.54, 1.807) is 0 Å². The quantitative estimate of drug-likeness (QED) is 0.877. The third-order valence-electron chi connectivity index (χ3n) is 2.73. The van der Waals surface area contributed by atoms with E-state index in [0.29, 0.717) is 5.92 Å². The van der Waals surface area contributed by atoms with Crippen molar-refractivity contribution in [2.45, 2.75) is 39.2 Å². The Hall–Kier alpha value is -0.340. The fraction of sp³-hybridized carbons (Fsp3) is 0.538. The number of rotatable bonds is 4. The van der Waals surface area contributed by atoms with E-state index < -0.39 is 0 Å². The van der Waals surface area contributed by atoms with Crippen LogP contribution in [0, 0.1) is 5.92 Å². The first kappa shape index (κ1) is 12.7. The van der Waals surface area contributed by atoms with Crippen molar-refractivity contribution in [1.29, 1.82) is 0 Å². The molecule has 0 bridgehead atoms. The number of halogens is 1. The summed E-state index contributed by atoms with van der Waals surface area (Å²) in [4.78, 5) is 0. The fourth-order valence-corrected chi connectivity index (χ4v) is 1.98. The van der Waals surface area contributed by atoms with Gasteiger partial charge in [-0.25, -0.2) is 0 Å². The van der Waals surface area contributed by atoms with Crippen molar-refractivity contribution in [2.24, 2.45) is 11.7 Å². The van der Waals surface area contributed by atoms with Crippen LogP contribution in [-0.2, 0) is 5.54 Å². The van der Waals surface area contributed by atoms with E-state index in [-0.39, 0.29) is 5.54 Å². The molecule has 0 saturated carbocycles. The maximum atomic E-state index is 6.33. The van der Waals surface area contributed by atoms with Gasteiger partial charge in [-0.05, 0) is 43.4 Å². The van der Waals surface area contributed by atoms with Gasteiger partial charge in [-0.2, -0.15) is 0 Å². The third-order valence-corrected chi connectivity index (χ3v) is 3.22. The lowest BCUT2D eigenvalue weighted by Crippen LogP contribution is -2.33. The Morgan fingerprint density at radius 1 is 1.40 bits per heavy atom. The highest BCUT2D eigenvalue weighted by Gasteiger charge is 2.21. The molecular weight excluding hydrogens is 250 g/mol. The largest absolute Gasteiger partial charge is 0.322 e. The molecular formula is C13H20BrN. The molecule has 1 aromatic rings. The lowest BCUT2D eigenvalue weighted by atomic mass is 9.86. The first-order chi connectivity index (χ1) is 6.92. The van der Waals surface area contributed by atoms with Gasteiger partial charge in [0, 0.05) is 10.0 Å². The minimum atomic E-state index is -0.214. The SMILES string of the molecule is CC(C)CCC(C)(N)c1cccc(Br)c1. The molecule has 0 radical (unpaired) electrons. The van der Waals surface area contributed by atoms with E-state index in [1.807, 2.05) is 12.1 Å². The second-order valence-corrected chi connectivity index (χ2v) is 5.78. The number of hydrogen-bond acceptors (Lipinski definition) is 1. The molecule has 0 aliphatic carbocycles. The topological polar surface area (TPSA) is 26.0 Å². The molecule has 1 rings (SSSR count). The summed E-state index contributed by atoms with van der Waals surface area (Å²) in [6.07, 6.45) is 2.20. The van der Waals surface area contributed by atoms with Gasteiger partial charge in [0.25, 0.3) is 0 Å². The summed E-state index contributed by atoms with van der Waals surface area (Å²) < 4.78 is 1.10. The Balaban J connectivity index is 2.76. The van der Waals surface area contributed by atoms with Crippen LogP contribution in [0.2, 0.25) is 0 Å². The summed E-state index contributed by atoms with van der Waals surface area (Å²) in [5, 5.41) is 0. The van der Waals surface area contributed by atoms with Gasteiger partial charge in [0.15, 0.2) is 0 Å². The van der Waals surface area contributed by atoms with Gasteiger partial charge < -0.3 is 5.73 Å². The van der Waals surface area contributed by atoms with Gasteiger partial charge in [-0.15, -0.1) is 0 Å². The Kier molecular flexibility index (Phi) is 4.35. The molecule has 0 saturated heterocycles. The zero-order chi connectivity index (χ0) is 11.5. The highest BCUT2D eigenvalue weighted by Crippen LogP contribution is 2.27. The van der Waals surface area contributed by atoms with Crippen LogP contribution in [0.15, 0.2) is 28.7 Å². The lowest BCUT2D eigenvalue weighted by molar-refractivity contribution is 0.396. The summed E-state index contributed by atoms with van der Waals surface area (Å²) in [5.74, 6) is 0.708. The van der Waals surface area contributed by atoms with Crippen molar-refractivity contribution in [3.63, 3.8) is 0 Å². The summed E-state index contributed by atoms with van der Waals surface area (Å²) >= 11 is 3.48. The predicted molar refractivity (Wildman–Crippen MR) is 69.8 cm³/mol. The summed E-state index contributed by atoms with van der Waals surface area (Å²) in [6.45, 7) is 6.57. The molecule has 84 valence electrons. The molecule has 15 heavy (non-hydrogen) atoms. The Labute approximate surface area is 101 Å². The summed E-state index contributed by atoms with van der Waals surface area (Å²) in [6, 6.07) is 8.29. The average molecular weight is 270 g/mol. The predicted octanol–water partition coefficient (Wildman–Crippen LogP) is 4.06. The van der Waals surface area contributed by atoms with Crippen LogP contribution < -0.4 is 5.73 Å². The monoisotopic (exact) mass is 269 g/mol. The van der Waals surface area contributed by atoms with Crippen LogP contribution in [-0.4, -0.2) is 0 Å². The molecule has 1 nitrogen and oxygen atoms in total. The van der Waals surface area contributed by atoms with E-state index in [2.05, 4.69) is 48.8 Å². The van der Waals surface area contributed by atoms with Crippen LogP contribution >= 0.6 is 15.9 Å². The van der Waals surface area contributed by atoms with Crippen molar-refractivity contribution >= 4 is 15.9 Å². The van der Waals surface area contributed by atoms with Gasteiger partial charge in [-0.1, -0.05) is 41.9 Å². The minimum Gasteiger partial charge on any atom is -0.322 e. The standard InChI is InChI=1S/C13H20BrN/c1-10(2)7-8-13(3,15)11-5-4-6-12(14)9-11/h4-6,9-10H,7-8,15H2,1-3H3. The van der Waals surface area contributed by atoms with Gasteiger partial charge in [0.2, 0.25) is 0 Å². The Morgan fingerprint density at radius 3 is 2.60 bits per heavy atom. The molecule has 0 aliphatic heterocycles. The smallest absolute Gasteiger partial charge is 0.0381 e. The molecule has 0 spiro atoms. The second-order valence-electron chi connectivity index (χ2n) is 4.86. The van der Waals surface area contributed by atoms with Crippen LogP contribution in [0.3, 0.4) is 0 Å². The van der Waals surface area contributed by atoms with Crippen LogP contribution in [0.1, 0.15) is 39.2 Å². The van der Waals surface area contributed by atoms with Crippen molar-refractivity contribution in [3.8, 4) is 0 Å². The van der Waals surface area contributed by atoms with Crippen molar-refractivity contribution in [1.82, 2.24) is 0 Å². The van der Waals surface area contributed by atoms with Gasteiger partial charge >= 0.3 is 0 Å². The van der Waals surface area contributed by atoms with Crippen molar-refractivity contribution < 1.29 is 0 Å². The first-order valence-corrected chi connectivity index (χ1v) is 6.26. The van der Waals surface area contributed by atoms with Crippen LogP contribution in [0.25, 0.3) is 0 Å². The number of benzene rings is 1. The summed E-state index contributed by atoms with van der Waals surface area (Å²) in [5.41, 5.74) is 7.33. The first-order valence-electron chi connectivity index (χ1n) is 5.47. The molecule has 0 heterocycles. The molecule has 1 unspecified atom stereocenters. The fourth-order valence-electron chi connectivity index (χ4n) is 1.58. The molecule has 0 fully saturated rings. The highest BCUT2D eigenvalue weighted by atomic mass is 79.9. The van der Waals surface area contributed by atoms with Crippen molar-refractivity contribution in [3.05, 3.63) is 34.3 Å². The second kappa shape index (κ2) is 5.13.